The summed E-state index contributed by atoms with van der Waals surface area (Å²) < 4.78 is 5.87. The second-order valence-corrected chi connectivity index (χ2v) is 10.9. The molecule has 202 valence electrons. The number of carbonyl (C=O) groups is 2. The molecule has 0 aliphatic heterocycles. The number of halogens is 2. The minimum absolute atomic E-state index is 0.0690. The molecule has 38 heavy (non-hydrogen) atoms. The summed E-state index contributed by atoms with van der Waals surface area (Å²) in [4.78, 5) is 28.8. The molecule has 0 radical (unpaired) electrons. The van der Waals surface area contributed by atoms with Crippen LogP contribution in [0.3, 0.4) is 0 Å². The highest BCUT2D eigenvalue weighted by Gasteiger charge is 2.31. The molecule has 3 rings (SSSR count). The van der Waals surface area contributed by atoms with Crippen LogP contribution in [0.25, 0.3) is 0 Å². The first-order valence-electron chi connectivity index (χ1n) is 12.9. The van der Waals surface area contributed by atoms with Crippen molar-refractivity contribution in [3.63, 3.8) is 0 Å². The Morgan fingerprint density at radius 2 is 1.50 bits per heavy atom. The van der Waals surface area contributed by atoms with Crippen LogP contribution in [0.15, 0.2) is 72.8 Å². The molecule has 0 saturated carbocycles. The number of amides is 2. The molecule has 0 spiro atoms. The lowest BCUT2D eigenvalue weighted by Crippen LogP contribution is -2.52. The summed E-state index contributed by atoms with van der Waals surface area (Å²) in [6.07, 6.45) is 0.335. The van der Waals surface area contributed by atoms with Gasteiger partial charge in [0, 0.05) is 35.1 Å². The van der Waals surface area contributed by atoms with Gasteiger partial charge in [-0.3, -0.25) is 9.59 Å². The maximum absolute atomic E-state index is 13.7. The summed E-state index contributed by atoms with van der Waals surface area (Å²) in [5.74, 6) is 0.664. The molecule has 0 saturated heterocycles. The van der Waals surface area contributed by atoms with Crippen molar-refractivity contribution in [1.29, 1.82) is 0 Å². The van der Waals surface area contributed by atoms with Crippen LogP contribution in [0.5, 0.6) is 5.75 Å². The van der Waals surface area contributed by atoms with Gasteiger partial charge >= 0.3 is 0 Å². The molecule has 0 heterocycles. The van der Waals surface area contributed by atoms with Gasteiger partial charge < -0.3 is 15.0 Å². The van der Waals surface area contributed by atoms with Gasteiger partial charge in [-0.05, 0) is 47.2 Å². The third-order valence-electron chi connectivity index (χ3n) is 6.25. The third-order valence-corrected chi connectivity index (χ3v) is 6.96. The standard InChI is InChI=1S/C31H36Cl2N2O3/c1-21(2)18-34-31(37)29(17-23-9-6-5-7-10-23)35(19-26-27(32)11-8-12-28(26)33)30(36)20-38-25-15-13-24(14-16-25)22(3)4/h5-16,21-22,29H,17-20H2,1-4H3,(H,34,37). The van der Waals surface area contributed by atoms with Crippen molar-refractivity contribution in [2.24, 2.45) is 5.92 Å². The Labute approximate surface area is 236 Å². The van der Waals surface area contributed by atoms with Crippen LogP contribution in [-0.4, -0.2) is 35.9 Å². The molecule has 7 heteroatoms. The summed E-state index contributed by atoms with van der Waals surface area (Å²) in [6, 6.07) is 21.7. The van der Waals surface area contributed by atoms with Crippen molar-refractivity contribution in [2.45, 2.75) is 52.6 Å². The molecular formula is C31H36Cl2N2O3. The van der Waals surface area contributed by atoms with Crippen molar-refractivity contribution in [2.75, 3.05) is 13.2 Å². The number of hydrogen-bond acceptors (Lipinski definition) is 3. The lowest BCUT2D eigenvalue weighted by molar-refractivity contribution is -0.142. The Morgan fingerprint density at radius 1 is 0.868 bits per heavy atom. The molecule has 1 atom stereocenters. The lowest BCUT2D eigenvalue weighted by atomic mass is 10.0. The van der Waals surface area contributed by atoms with Crippen LogP contribution in [0.1, 0.15) is 50.3 Å². The van der Waals surface area contributed by atoms with Crippen LogP contribution in [0.2, 0.25) is 10.0 Å². The monoisotopic (exact) mass is 554 g/mol. The van der Waals surface area contributed by atoms with E-state index in [1.54, 1.807) is 18.2 Å². The summed E-state index contributed by atoms with van der Waals surface area (Å²) in [5.41, 5.74) is 2.70. The van der Waals surface area contributed by atoms with E-state index in [9.17, 15) is 9.59 Å². The first-order valence-corrected chi connectivity index (χ1v) is 13.7. The Kier molecular flexibility index (Phi) is 11.1. The van der Waals surface area contributed by atoms with Crippen molar-refractivity contribution in [3.05, 3.63) is 99.5 Å². The zero-order valence-corrected chi connectivity index (χ0v) is 23.9. The predicted molar refractivity (Wildman–Crippen MR) is 155 cm³/mol. The molecule has 5 nitrogen and oxygen atoms in total. The second kappa shape index (κ2) is 14.2. The highest BCUT2D eigenvalue weighted by atomic mass is 35.5. The lowest BCUT2D eigenvalue weighted by Gasteiger charge is -2.32. The number of hydrogen-bond donors (Lipinski definition) is 1. The van der Waals surface area contributed by atoms with E-state index in [4.69, 9.17) is 27.9 Å². The van der Waals surface area contributed by atoms with E-state index in [0.29, 0.717) is 40.2 Å². The van der Waals surface area contributed by atoms with E-state index in [1.807, 2.05) is 68.4 Å². The molecule has 1 N–H and O–H groups in total. The van der Waals surface area contributed by atoms with Crippen molar-refractivity contribution in [1.82, 2.24) is 10.2 Å². The maximum atomic E-state index is 13.7. The number of nitrogens with one attached hydrogen (secondary N) is 1. The molecule has 1 unspecified atom stereocenters. The van der Waals surface area contributed by atoms with Gasteiger partial charge in [0.1, 0.15) is 11.8 Å². The summed E-state index contributed by atoms with van der Waals surface area (Å²) >= 11 is 13.0. The van der Waals surface area contributed by atoms with E-state index in [-0.39, 0.29) is 30.9 Å². The fourth-order valence-electron chi connectivity index (χ4n) is 4.01. The molecule has 0 aromatic heterocycles. The number of carbonyl (C=O) groups excluding carboxylic acids is 2. The number of benzene rings is 3. The molecule has 2 amide bonds. The SMILES string of the molecule is CC(C)CNC(=O)C(Cc1ccccc1)N(Cc1c(Cl)cccc1Cl)C(=O)COc1ccc(C(C)C)cc1. The van der Waals surface area contributed by atoms with E-state index in [0.717, 1.165) is 5.56 Å². The average Bonchev–Trinajstić information content (AvgIpc) is 2.90. The first-order chi connectivity index (χ1) is 18.2. The van der Waals surface area contributed by atoms with Crippen LogP contribution in [-0.2, 0) is 22.6 Å². The van der Waals surface area contributed by atoms with Gasteiger partial charge in [0.05, 0.1) is 0 Å². The van der Waals surface area contributed by atoms with Crippen LogP contribution in [0.4, 0.5) is 0 Å². The van der Waals surface area contributed by atoms with Gasteiger partial charge in [-0.2, -0.15) is 0 Å². The third kappa shape index (κ3) is 8.50. The molecule has 3 aromatic rings. The minimum atomic E-state index is -0.789. The smallest absolute Gasteiger partial charge is 0.261 e. The van der Waals surface area contributed by atoms with Gasteiger partial charge in [0.2, 0.25) is 5.91 Å². The van der Waals surface area contributed by atoms with Gasteiger partial charge in [-0.15, -0.1) is 0 Å². The molecule has 0 aliphatic carbocycles. The minimum Gasteiger partial charge on any atom is -0.484 e. The zero-order valence-electron chi connectivity index (χ0n) is 22.4. The maximum Gasteiger partial charge on any atom is 0.261 e. The van der Waals surface area contributed by atoms with E-state index in [1.165, 1.54) is 10.5 Å². The summed E-state index contributed by atoms with van der Waals surface area (Å²) in [5, 5.41) is 3.87. The second-order valence-electron chi connectivity index (χ2n) is 10.1. The number of rotatable bonds is 12. The Balaban J connectivity index is 1.92. The van der Waals surface area contributed by atoms with E-state index < -0.39 is 6.04 Å². The predicted octanol–water partition coefficient (Wildman–Crippen LogP) is 6.91. The average molecular weight is 556 g/mol. The molecule has 0 aliphatic rings. The topological polar surface area (TPSA) is 58.6 Å². The Hall–Kier alpha value is -3.02. The molecule has 3 aromatic carbocycles. The van der Waals surface area contributed by atoms with Gasteiger partial charge in [0.15, 0.2) is 6.61 Å². The van der Waals surface area contributed by atoms with Crippen molar-refractivity contribution in [3.8, 4) is 5.75 Å². The van der Waals surface area contributed by atoms with E-state index >= 15 is 0 Å². The fraction of sp³-hybridized carbons (Fsp3) is 0.355. The Morgan fingerprint density at radius 3 is 2.08 bits per heavy atom. The van der Waals surface area contributed by atoms with Gasteiger partial charge in [-0.1, -0.05) is 99.4 Å². The quantitative estimate of drug-likeness (QED) is 0.264. The normalized spacial score (nSPS) is 11.9. The zero-order chi connectivity index (χ0) is 27.7. The fourth-order valence-corrected chi connectivity index (χ4v) is 4.52. The highest BCUT2D eigenvalue weighted by Crippen LogP contribution is 2.27. The number of ether oxygens (including phenoxy) is 1. The molecule has 0 fully saturated rings. The van der Waals surface area contributed by atoms with Crippen LogP contribution >= 0.6 is 23.2 Å². The Bertz CT molecular complexity index is 1180. The highest BCUT2D eigenvalue weighted by molar-refractivity contribution is 6.36. The summed E-state index contributed by atoms with van der Waals surface area (Å²) in [7, 11) is 0. The summed E-state index contributed by atoms with van der Waals surface area (Å²) in [6.45, 7) is 8.63. The van der Waals surface area contributed by atoms with Crippen LogP contribution < -0.4 is 10.1 Å². The van der Waals surface area contributed by atoms with Crippen LogP contribution in [0, 0.1) is 5.92 Å². The largest absolute Gasteiger partial charge is 0.484 e. The van der Waals surface area contributed by atoms with Crippen molar-refractivity contribution < 1.29 is 14.3 Å². The molecular weight excluding hydrogens is 519 g/mol. The first kappa shape index (κ1) is 29.5. The van der Waals surface area contributed by atoms with E-state index in [2.05, 4.69) is 19.2 Å². The van der Waals surface area contributed by atoms with Crippen molar-refractivity contribution >= 4 is 35.0 Å². The number of nitrogens with zero attached hydrogens (tertiary/aromatic N) is 1. The van der Waals surface area contributed by atoms with Gasteiger partial charge in [-0.25, -0.2) is 0 Å². The van der Waals surface area contributed by atoms with Gasteiger partial charge in [0.25, 0.3) is 5.91 Å². The molecule has 0 bridgehead atoms.